The van der Waals surface area contributed by atoms with Crippen LogP contribution < -0.4 is 27.7 Å². The van der Waals surface area contributed by atoms with Crippen LogP contribution in [0.3, 0.4) is 0 Å². The molecule has 0 amide bonds. The van der Waals surface area contributed by atoms with Gasteiger partial charge in [0, 0.05) is 42.7 Å². The van der Waals surface area contributed by atoms with E-state index < -0.39 is 17.1 Å². The van der Waals surface area contributed by atoms with Crippen molar-refractivity contribution in [2.45, 2.75) is 38.1 Å². The number of anilines is 1. The molecule has 3 aromatic heterocycles. The lowest BCUT2D eigenvalue weighted by Gasteiger charge is -2.25. The Labute approximate surface area is 177 Å². The summed E-state index contributed by atoms with van der Waals surface area (Å²) in [6.45, 7) is 3.01. The van der Waals surface area contributed by atoms with E-state index in [9.17, 15) is 9.59 Å². The van der Waals surface area contributed by atoms with Crippen molar-refractivity contribution in [1.29, 1.82) is 0 Å². The Morgan fingerprint density at radius 1 is 1.19 bits per heavy atom. The van der Waals surface area contributed by atoms with Gasteiger partial charge in [0.1, 0.15) is 0 Å². The predicted octanol–water partition coefficient (Wildman–Crippen LogP) is 1.42. The molecule has 0 aromatic carbocycles. The molecule has 2 aliphatic rings. The molecular formula is C22H25FN6O2. The van der Waals surface area contributed by atoms with Crippen LogP contribution in [0.1, 0.15) is 47.9 Å². The van der Waals surface area contributed by atoms with Gasteiger partial charge in [0.2, 0.25) is 0 Å². The van der Waals surface area contributed by atoms with E-state index in [4.69, 9.17) is 11.6 Å². The lowest BCUT2D eigenvalue weighted by molar-refractivity contribution is 0.473. The molecule has 2 fully saturated rings. The maximum atomic E-state index is 15.3. The Balaban J connectivity index is 1.58. The van der Waals surface area contributed by atoms with Crippen molar-refractivity contribution < 1.29 is 4.39 Å². The van der Waals surface area contributed by atoms with Gasteiger partial charge in [-0.2, -0.15) is 4.68 Å². The van der Waals surface area contributed by atoms with E-state index in [1.807, 2.05) is 17.0 Å². The summed E-state index contributed by atoms with van der Waals surface area (Å²) in [4.78, 5) is 31.3. The number of rotatable bonds is 4. The van der Waals surface area contributed by atoms with Crippen LogP contribution in [0.5, 0.6) is 0 Å². The molecule has 0 radical (unpaired) electrons. The van der Waals surface area contributed by atoms with Crippen molar-refractivity contribution in [3.8, 4) is 0 Å². The molecular weight excluding hydrogens is 399 g/mol. The predicted molar refractivity (Wildman–Crippen MR) is 116 cm³/mol. The van der Waals surface area contributed by atoms with E-state index in [0.29, 0.717) is 40.1 Å². The van der Waals surface area contributed by atoms with Crippen LogP contribution in [-0.2, 0) is 0 Å². The van der Waals surface area contributed by atoms with Gasteiger partial charge in [-0.05, 0) is 55.7 Å². The fraction of sp³-hybridized carbons (Fsp3) is 0.409. The second-order valence-electron chi connectivity index (χ2n) is 8.62. The van der Waals surface area contributed by atoms with E-state index >= 15 is 4.39 Å². The Morgan fingerprint density at radius 2 is 1.90 bits per heavy atom. The van der Waals surface area contributed by atoms with Crippen molar-refractivity contribution in [1.82, 2.24) is 14.1 Å². The van der Waals surface area contributed by atoms with Gasteiger partial charge >= 0.3 is 5.69 Å². The maximum absolute atomic E-state index is 15.3. The first-order valence-electron chi connectivity index (χ1n) is 10.5. The van der Waals surface area contributed by atoms with Crippen LogP contribution in [-0.4, -0.2) is 27.2 Å². The van der Waals surface area contributed by atoms with Crippen LogP contribution in [0.15, 0.2) is 40.3 Å². The first kappa shape index (κ1) is 19.7. The van der Waals surface area contributed by atoms with E-state index in [2.05, 4.69) is 4.98 Å². The van der Waals surface area contributed by atoms with Crippen molar-refractivity contribution in [3.05, 3.63) is 74.1 Å². The maximum Gasteiger partial charge on any atom is 0.354 e. The fourth-order valence-corrected chi connectivity index (χ4v) is 4.90. The molecule has 8 nitrogen and oxygen atoms in total. The Kier molecular flexibility index (Phi) is 4.58. The molecule has 9 heteroatoms. The largest absolute Gasteiger partial charge is 0.368 e. The third-order valence-corrected chi connectivity index (χ3v) is 6.66. The molecule has 4 heterocycles. The minimum atomic E-state index is -0.739. The van der Waals surface area contributed by atoms with Crippen molar-refractivity contribution in [3.63, 3.8) is 0 Å². The Morgan fingerprint density at radius 3 is 2.58 bits per heavy atom. The van der Waals surface area contributed by atoms with Gasteiger partial charge in [-0.25, -0.2) is 9.18 Å². The van der Waals surface area contributed by atoms with Gasteiger partial charge < -0.3 is 16.5 Å². The van der Waals surface area contributed by atoms with Crippen LogP contribution in [0, 0.1) is 18.7 Å². The zero-order chi connectivity index (χ0) is 21.9. The van der Waals surface area contributed by atoms with Gasteiger partial charge in [0.05, 0.1) is 17.4 Å². The van der Waals surface area contributed by atoms with E-state index in [-0.39, 0.29) is 17.9 Å². The number of nitrogens with zero attached hydrogens (tertiary/aromatic N) is 4. The van der Waals surface area contributed by atoms with Crippen LogP contribution in [0.25, 0.3) is 5.52 Å². The zero-order valence-electron chi connectivity index (χ0n) is 17.3. The normalized spacial score (nSPS) is 19.8. The second kappa shape index (κ2) is 7.19. The molecule has 162 valence electrons. The first-order chi connectivity index (χ1) is 14.9. The van der Waals surface area contributed by atoms with Gasteiger partial charge in [-0.3, -0.25) is 14.2 Å². The van der Waals surface area contributed by atoms with Gasteiger partial charge in [0.25, 0.3) is 5.56 Å². The molecule has 3 aromatic rings. The molecule has 0 spiro atoms. The summed E-state index contributed by atoms with van der Waals surface area (Å²) < 4.78 is 17.0. The molecule has 4 N–H and O–H groups in total. The molecule has 31 heavy (non-hydrogen) atoms. The quantitative estimate of drug-likeness (QED) is 0.613. The molecule has 1 aliphatic heterocycles. The van der Waals surface area contributed by atoms with Crippen molar-refractivity contribution in [2.75, 3.05) is 23.8 Å². The number of aryl methyl sites for hydroxylation is 1. The fourth-order valence-electron chi connectivity index (χ4n) is 4.90. The highest BCUT2D eigenvalue weighted by atomic mass is 19.1. The summed E-state index contributed by atoms with van der Waals surface area (Å²) in [6.07, 6.45) is 7.14. The third-order valence-electron chi connectivity index (χ3n) is 6.66. The number of hydrogen-bond acceptors (Lipinski definition) is 6. The summed E-state index contributed by atoms with van der Waals surface area (Å²) >= 11 is 0. The summed E-state index contributed by atoms with van der Waals surface area (Å²) in [5.41, 5.74) is 8.27. The van der Waals surface area contributed by atoms with Gasteiger partial charge in [-0.1, -0.05) is 0 Å². The summed E-state index contributed by atoms with van der Waals surface area (Å²) in [6, 6.07) is 3.63. The Hall–Kier alpha value is -3.20. The SMILES string of the molecule is Cc1c(N2CCC(C(N)c3ccncc3)C2)c(F)cn2c(=O)n(N)c(=O)c(C3CC3)c12. The smallest absolute Gasteiger partial charge is 0.354 e. The lowest BCUT2D eigenvalue weighted by atomic mass is 9.94. The number of aromatic nitrogens is 3. The number of nitrogens with two attached hydrogens (primary N) is 2. The minimum absolute atomic E-state index is 0.0568. The average Bonchev–Trinajstić information content (AvgIpc) is 3.49. The van der Waals surface area contributed by atoms with E-state index in [1.165, 1.54) is 4.40 Å². The van der Waals surface area contributed by atoms with E-state index in [0.717, 1.165) is 31.0 Å². The summed E-state index contributed by atoms with van der Waals surface area (Å²) in [5, 5.41) is 0. The number of pyridine rings is 2. The molecule has 1 saturated heterocycles. The monoisotopic (exact) mass is 424 g/mol. The summed E-state index contributed by atoms with van der Waals surface area (Å²) in [5.74, 6) is 5.40. The van der Waals surface area contributed by atoms with Gasteiger partial charge in [0.15, 0.2) is 5.82 Å². The van der Waals surface area contributed by atoms with Gasteiger partial charge in [-0.15, -0.1) is 0 Å². The molecule has 5 rings (SSSR count). The van der Waals surface area contributed by atoms with Crippen LogP contribution >= 0.6 is 0 Å². The number of halogens is 1. The minimum Gasteiger partial charge on any atom is -0.368 e. The van der Waals surface area contributed by atoms with Crippen LogP contribution in [0.4, 0.5) is 10.1 Å². The molecule has 2 atom stereocenters. The molecule has 1 saturated carbocycles. The highest BCUT2D eigenvalue weighted by Crippen LogP contribution is 2.42. The third kappa shape index (κ3) is 3.11. The average molecular weight is 424 g/mol. The standard InChI is InChI=1S/C22H25FN6O2/c1-12-19(27-9-6-15(10-27)18(24)14-4-7-26-8-5-14)16(23)11-28-20(12)17(13-2-3-13)21(30)29(25)22(28)31/h4-5,7-8,11,13,15,18H,2-3,6,9-10,24-25H2,1H3. The highest BCUT2D eigenvalue weighted by Gasteiger charge is 2.34. The molecule has 2 unspecified atom stereocenters. The number of nitrogen functional groups attached to an aromatic ring is 1. The highest BCUT2D eigenvalue weighted by molar-refractivity contribution is 5.72. The molecule has 1 aliphatic carbocycles. The number of fused-ring (bicyclic) bond motifs is 1. The van der Waals surface area contributed by atoms with Crippen LogP contribution in [0.2, 0.25) is 0 Å². The lowest BCUT2D eigenvalue weighted by Crippen LogP contribution is -2.44. The zero-order valence-corrected chi connectivity index (χ0v) is 17.3. The van der Waals surface area contributed by atoms with E-state index in [1.54, 1.807) is 19.3 Å². The molecule has 0 bridgehead atoms. The summed E-state index contributed by atoms with van der Waals surface area (Å²) in [7, 11) is 0. The topological polar surface area (TPSA) is 112 Å². The Bertz CT molecular complexity index is 1280. The second-order valence-corrected chi connectivity index (χ2v) is 8.62. The van der Waals surface area contributed by atoms with Crippen molar-refractivity contribution >= 4 is 11.2 Å². The number of hydrogen-bond donors (Lipinski definition) is 2. The first-order valence-corrected chi connectivity index (χ1v) is 10.5. The van der Waals surface area contributed by atoms with Crippen molar-refractivity contribution in [2.24, 2.45) is 11.7 Å².